The maximum Gasteiger partial charge on any atom is 0.180 e. The highest BCUT2D eigenvalue weighted by Crippen LogP contribution is 2.06. The van der Waals surface area contributed by atoms with Gasteiger partial charge in [0.05, 0.1) is 12.7 Å². The number of aromatic nitrogens is 1. The number of nitrogens with zero attached hydrogens (tertiary/aromatic N) is 1. The zero-order valence-electron chi connectivity index (χ0n) is 8.11. The Balaban J connectivity index is 1.86. The summed E-state index contributed by atoms with van der Waals surface area (Å²) < 4.78 is 18.2. The Morgan fingerprint density at radius 2 is 2.13 bits per heavy atom. The maximum absolute atomic E-state index is 13.2. The minimum Gasteiger partial charge on any atom is -0.447 e. The Labute approximate surface area is 86.9 Å². The van der Waals surface area contributed by atoms with Gasteiger partial charge < -0.3 is 9.73 Å². The third kappa shape index (κ3) is 2.63. The Morgan fingerprint density at radius 3 is 2.87 bits per heavy atom. The summed E-state index contributed by atoms with van der Waals surface area (Å²) in [5, 5.41) is 3.07. The van der Waals surface area contributed by atoms with Gasteiger partial charge in [0.25, 0.3) is 0 Å². The van der Waals surface area contributed by atoms with Crippen molar-refractivity contribution in [1.29, 1.82) is 0 Å². The number of benzene rings is 1. The molecular formula is C11H11FN2O. The van der Waals surface area contributed by atoms with Crippen LogP contribution in [-0.4, -0.2) is 4.98 Å². The predicted molar refractivity (Wildman–Crippen MR) is 53.4 cm³/mol. The van der Waals surface area contributed by atoms with Crippen molar-refractivity contribution in [2.45, 2.75) is 13.1 Å². The average Bonchev–Trinajstić information content (AvgIpc) is 2.74. The molecule has 0 aliphatic rings. The molecule has 3 nitrogen and oxygen atoms in total. The third-order valence-corrected chi connectivity index (χ3v) is 2.06. The van der Waals surface area contributed by atoms with Gasteiger partial charge in [-0.15, -0.1) is 0 Å². The first-order valence-electron chi connectivity index (χ1n) is 4.68. The van der Waals surface area contributed by atoms with Crippen molar-refractivity contribution in [2.75, 3.05) is 0 Å². The summed E-state index contributed by atoms with van der Waals surface area (Å²) in [6.45, 7) is 1.03. The molecule has 0 bridgehead atoms. The fraction of sp³-hybridized carbons (Fsp3) is 0.182. The Hall–Kier alpha value is -1.68. The first-order chi connectivity index (χ1) is 7.36. The molecule has 4 heteroatoms. The number of rotatable bonds is 4. The molecule has 0 aliphatic heterocycles. The summed E-state index contributed by atoms with van der Waals surface area (Å²) in [7, 11) is 0. The SMILES string of the molecule is Fc1ccccc1CNCc1cnco1. The fourth-order valence-electron chi connectivity index (χ4n) is 1.29. The van der Waals surface area contributed by atoms with E-state index < -0.39 is 0 Å². The van der Waals surface area contributed by atoms with Crippen molar-refractivity contribution in [3.63, 3.8) is 0 Å². The van der Waals surface area contributed by atoms with Crippen LogP contribution < -0.4 is 5.32 Å². The van der Waals surface area contributed by atoms with Crippen molar-refractivity contribution < 1.29 is 8.81 Å². The van der Waals surface area contributed by atoms with E-state index in [4.69, 9.17) is 4.42 Å². The molecule has 2 aromatic rings. The van der Waals surface area contributed by atoms with Gasteiger partial charge in [-0.25, -0.2) is 9.37 Å². The van der Waals surface area contributed by atoms with Crippen molar-refractivity contribution >= 4 is 0 Å². The second-order valence-corrected chi connectivity index (χ2v) is 3.16. The summed E-state index contributed by atoms with van der Waals surface area (Å²) in [5.74, 6) is 0.550. The molecule has 78 valence electrons. The minimum atomic E-state index is -0.192. The molecular weight excluding hydrogens is 195 g/mol. The largest absolute Gasteiger partial charge is 0.447 e. The lowest BCUT2D eigenvalue weighted by Gasteiger charge is -2.03. The molecule has 1 N–H and O–H groups in total. The van der Waals surface area contributed by atoms with Gasteiger partial charge in [0, 0.05) is 12.1 Å². The van der Waals surface area contributed by atoms with E-state index >= 15 is 0 Å². The van der Waals surface area contributed by atoms with Crippen LogP contribution in [0.15, 0.2) is 41.3 Å². The molecule has 2 rings (SSSR count). The first kappa shape index (κ1) is 9.86. The van der Waals surface area contributed by atoms with Crippen LogP contribution in [0.3, 0.4) is 0 Å². The van der Waals surface area contributed by atoms with E-state index in [1.54, 1.807) is 18.3 Å². The zero-order valence-corrected chi connectivity index (χ0v) is 8.11. The van der Waals surface area contributed by atoms with Crippen LogP contribution in [-0.2, 0) is 13.1 Å². The van der Waals surface area contributed by atoms with Gasteiger partial charge in [0.15, 0.2) is 6.39 Å². The van der Waals surface area contributed by atoms with E-state index in [0.29, 0.717) is 18.7 Å². The lowest BCUT2D eigenvalue weighted by atomic mass is 10.2. The zero-order chi connectivity index (χ0) is 10.5. The molecule has 1 aromatic heterocycles. The van der Waals surface area contributed by atoms with Crippen molar-refractivity contribution in [1.82, 2.24) is 10.3 Å². The molecule has 15 heavy (non-hydrogen) atoms. The Bertz CT molecular complexity index is 414. The molecule has 0 spiro atoms. The van der Waals surface area contributed by atoms with Crippen molar-refractivity contribution in [2.24, 2.45) is 0 Å². The van der Waals surface area contributed by atoms with Gasteiger partial charge >= 0.3 is 0 Å². The Morgan fingerprint density at radius 1 is 1.27 bits per heavy atom. The van der Waals surface area contributed by atoms with E-state index in [2.05, 4.69) is 10.3 Å². The number of oxazole rings is 1. The summed E-state index contributed by atoms with van der Waals surface area (Å²) in [5.41, 5.74) is 0.650. The lowest BCUT2D eigenvalue weighted by molar-refractivity contribution is 0.476. The summed E-state index contributed by atoms with van der Waals surface area (Å²) in [6.07, 6.45) is 3.01. The molecule has 0 unspecified atom stereocenters. The molecule has 1 aromatic carbocycles. The second kappa shape index (κ2) is 4.70. The van der Waals surface area contributed by atoms with Gasteiger partial charge in [-0.3, -0.25) is 0 Å². The van der Waals surface area contributed by atoms with E-state index in [0.717, 1.165) is 5.76 Å². The first-order valence-corrected chi connectivity index (χ1v) is 4.68. The van der Waals surface area contributed by atoms with Crippen LogP contribution in [0.1, 0.15) is 11.3 Å². The van der Waals surface area contributed by atoms with Crippen molar-refractivity contribution in [3.8, 4) is 0 Å². The summed E-state index contributed by atoms with van der Waals surface area (Å²) in [4.78, 5) is 3.78. The van der Waals surface area contributed by atoms with Crippen LogP contribution in [0.5, 0.6) is 0 Å². The normalized spacial score (nSPS) is 10.5. The van der Waals surface area contributed by atoms with E-state index in [1.807, 2.05) is 6.07 Å². The van der Waals surface area contributed by atoms with E-state index in [-0.39, 0.29) is 5.82 Å². The predicted octanol–water partition coefficient (Wildman–Crippen LogP) is 2.10. The smallest absolute Gasteiger partial charge is 0.180 e. The number of hydrogen-bond acceptors (Lipinski definition) is 3. The van der Waals surface area contributed by atoms with Crippen LogP contribution in [0.4, 0.5) is 4.39 Å². The molecule has 0 saturated carbocycles. The van der Waals surface area contributed by atoms with Crippen LogP contribution in [0.2, 0.25) is 0 Å². The molecule has 0 atom stereocenters. The van der Waals surface area contributed by atoms with Crippen LogP contribution in [0, 0.1) is 5.82 Å². The number of halogens is 1. The number of hydrogen-bond donors (Lipinski definition) is 1. The summed E-state index contributed by atoms with van der Waals surface area (Å²) in [6, 6.07) is 6.69. The third-order valence-electron chi connectivity index (χ3n) is 2.06. The molecule has 0 amide bonds. The van der Waals surface area contributed by atoms with Gasteiger partial charge in [-0.05, 0) is 6.07 Å². The second-order valence-electron chi connectivity index (χ2n) is 3.16. The quantitative estimate of drug-likeness (QED) is 0.832. The maximum atomic E-state index is 13.2. The van der Waals surface area contributed by atoms with E-state index in [1.165, 1.54) is 12.5 Å². The van der Waals surface area contributed by atoms with Gasteiger partial charge in [-0.1, -0.05) is 18.2 Å². The number of nitrogens with one attached hydrogen (secondary N) is 1. The van der Waals surface area contributed by atoms with E-state index in [9.17, 15) is 4.39 Å². The van der Waals surface area contributed by atoms with Gasteiger partial charge in [0.1, 0.15) is 11.6 Å². The molecule has 0 radical (unpaired) electrons. The standard InChI is InChI=1S/C11H11FN2O/c12-11-4-2-1-3-9(11)5-13-6-10-7-14-8-15-10/h1-4,7-8,13H,5-6H2. The monoisotopic (exact) mass is 206 g/mol. The highest BCUT2D eigenvalue weighted by Gasteiger charge is 2.00. The molecule has 0 aliphatic carbocycles. The topological polar surface area (TPSA) is 38.1 Å². The Kier molecular flexibility index (Phi) is 3.09. The van der Waals surface area contributed by atoms with Crippen molar-refractivity contribution in [3.05, 3.63) is 54.0 Å². The fourth-order valence-corrected chi connectivity index (χ4v) is 1.29. The minimum absolute atomic E-state index is 0.192. The molecule has 0 saturated heterocycles. The molecule has 0 fully saturated rings. The average molecular weight is 206 g/mol. The van der Waals surface area contributed by atoms with Gasteiger partial charge in [0.2, 0.25) is 0 Å². The van der Waals surface area contributed by atoms with Crippen LogP contribution in [0.25, 0.3) is 0 Å². The highest BCUT2D eigenvalue weighted by molar-refractivity contribution is 5.16. The molecule has 1 heterocycles. The highest BCUT2D eigenvalue weighted by atomic mass is 19.1. The van der Waals surface area contributed by atoms with Crippen LogP contribution >= 0.6 is 0 Å². The summed E-state index contributed by atoms with van der Waals surface area (Å²) >= 11 is 0. The van der Waals surface area contributed by atoms with Gasteiger partial charge in [-0.2, -0.15) is 0 Å². The lowest BCUT2D eigenvalue weighted by Crippen LogP contribution is -2.13.